The van der Waals surface area contributed by atoms with Crippen LogP contribution in [0.3, 0.4) is 0 Å². The summed E-state index contributed by atoms with van der Waals surface area (Å²) >= 11 is 1.59. The van der Waals surface area contributed by atoms with Crippen LogP contribution in [0.15, 0.2) is 36.0 Å². The Bertz CT molecular complexity index is 645. The Labute approximate surface area is 109 Å². The topological polar surface area (TPSA) is 50.4 Å². The molecule has 3 heterocycles. The minimum atomic E-state index is -0.602. The lowest BCUT2D eigenvalue weighted by atomic mass is 10.1. The van der Waals surface area contributed by atoms with Crippen molar-refractivity contribution in [2.24, 2.45) is 0 Å². The highest BCUT2D eigenvalue weighted by molar-refractivity contribution is 7.15. The zero-order valence-electron chi connectivity index (χ0n) is 9.95. The first-order chi connectivity index (χ1) is 8.72. The van der Waals surface area contributed by atoms with E-state index in [0.717, 1.165) is 16.3 Å². The maximum absolute atomic E-state index is 10.2. The number of imidazole rings is 1. The number of thiazole rings is 1. The molecular weight excluding hydrogens is 246 g/mol. The van der Waals surface area contributed by atoms with Crippen molar-refractivity contribution in [2.75, 3.05) is 0 Å². The summed E-state index contributed by atoms with van der Waals surface area (Å²) in [5.41, 5.74) is 2.50. The molecule has 1 unspecified atom stereocenters. The molecule has 0 radical (unpaired) electrons. The lowest BCUT2D eigenvalue weighted by Crippen LogP contribution is -2.05. The van der Waals surface area contributed by atoms with Crippen LogP contribution in [0.5, 0.6) is 0 Å². The molecule has 0 aliphatic heterocycles. The molecule has 0 aliphatic carbocycles. The molecule has 0 aliphatic rings. The second kappa shape index (κ2) is 4.51. The highest BCUT2D eigenvalue weighted by atomic mass is 32.1. The van der Waals surface area contributed by atoms with Gasteiger partial charge >= 0.3 is 0 Å². The van der Waals surface area contributed by atoms with Crippen molar-refractivity contribution in [3.05, 3.63) is 53.1 Å². The normalized spacial score (nSPS) is 13.0. The maximum atomic E-state index is 10.2. The lowest BCUT2D eigenvalue weighted by molar-refractivity contribution is 0.172. The molecule has 0 fully saturated rings. The number of nitrogens with zero attached hydrogens (tertiary/aromatic N) is 3. The quantitative estimate of drug-likeness (QED) is 0.785. The Hall–Kier alpha value is -1.72. The van der Waals surface area contributed by atoms with Gasteiger partial charge in [0, 0.05) is 29.9 Å². The van der Waals surface area contributed by atoms with E-state index in [9.17, 15) is 5.11 Å². The van der Waals surface area contributed by atoms with Crippen LogP contribution in [-0.4, -0.2) is 19.5 Å². The van der Waals surface area contributed by atoms with Crippen molar-refractivity contribution >= 4 is 16.3 Å². The van der Waals surface area contributed by atoms with Crippen LogP contribution in [0.4, 0.5) is 0 Å². The number of aliphatic hydroxyl groups excluding tert-OH is 1. The van der Waals surface area contributed by atoms with Crippen LogP contribution in [0.1, 0.15) is 23.2 Å². The Morgan fingerprint density at radius 1 is 1.39 bits per heavy atom. The molecule has 1 N–H and O–H groups in total. The molecule has 3 aromatic rings. The molecule has 5 heteroatoms. The molecule has 1 atom stereocenters. The molecule has 4 nitrogen and oxygen atoms in total. The molecule has 0 saturated carbocycles. The van der Waals surface area contributed by atoms with Crippen LogP contribution < -0.4 is 0 Å². The van der Waals surface area contributed by atoms with Gasteiger partial charge in [-0.1, -0.05) is 6.07 Å². The highest BCUT2D eigenvalue weighted by Crippen LogP contribution is 2.18. The summed E-state index contributed by atoms with van der Waals surface area (Å²) in [6, 6.07) is 5.67. The van der Waals surface area contributed by atoms with E-state index in [1.807, 2.05) is 47.3 Å². The molecule has 0 spiro atoms. The summed E-state index contributed by atoms with van der Waals surface area (Å²) in [5, 5.41) is 12.1. The number of rotatable bonds is 3. The van der Waals surface area contributed by atoms with Gasteiger partial charge in [-0.05, 0) is 19.1 Å². The van der Waals surface area contributed by atoms with Crippen LogP contribution in [0.25, 0.3) is 4.96 Å². The van der Waals surface area contributed by atoms with Crippen LogP contribution in [0, 0.1) is 6.92 Å². The fourth-order valence-electron chi connectivity index (χ4n) is 1.93. The summed E-state index contributed by atoms with van der Waals surface area (Å²) in [4.78, 5) is 9.74. The van der Waals surface area contributed by atoms with E-state index in [0.29, 0.717) is 12.1 Å². The minimum Gasteiger partial charge on any atom is -0.386 e. The molecule has 0 saturated heterocycles. The average Bonchev–Trinajstić information content (AvgIpc) is 2.89. The number of aryl methyl sites for hydroxylation is 1. The smallest absolute Gasteiger partial charge is 0.193 e. The van der Waals surface area contributed by atoms with E-state index in [2.05, 4.69) is 9.97 Å². The van der Waals surface area contributed by atoms with Crippen LogP contribution >= 0.6 is 11.3 Å². The van der Waals surface area contributed by atoms with Crippen molar-refractivity contribution in [1.82, 2.24) is 14.4 Å². The van der Waals surface area contributed by atoms with Crippen molar-refractivity contribution < 1.29 is 5.11 Å². The summed E-state index contributed by atoms with van der Waals surface area (Å²) in [6.45, 7) is 1.92. The third-order valence-corrected chi connectivity index (χ3v) is 3.57. The van der Waals surface area contributed by atoms with Gasteiger partial charge in [0.15, 0.2) is 4.96 Å². The Balaban J connectivity index is 1.81. The number of fused-ring (bicyclic) bond motifs is 1. The molecule has 3 aromatic heterocycles. The molecule has 0 amide bonds. The highest BCUT2D eigenvalue weighted by Gasteiger charge is 2.12. The number of pyridine rings is 1. The number of aliphatic hydroxyl groups is 1. The standard InChI is InChI=1S/C13H13N3OS/c1-9-3-2-4-11(14-9)12(17)7-10-8-16-5-6-18-13(16)15-10/h2-6,8,12,17H,7H2,1H3. The first-order valence-electron chi connectivity index (χ1n) is 5.75. The summed E-state index contributed by atoms with van der Waals surface area (Å²) in [7, 11) is 0. The molecule has 92 valence electrons. The van der Waals surface area contributed by atoms with Crippen molar-refractivity contribution in [1.29, 1.82) is 0 Å². The van der Waals surface area contributed by atoms with Gasteiger partial charge in [0.1, 0.15) is 6.10 Å². The zero-order valence-corrected chi connectivity index (χ0v) is 10.8. The predicted molar refractivity (Wildman–Crippen MR) is 70.7 cm³/mol. The minimum absolute atomic E-state index is 0.491. The average molecular weight is 259 g/mol. The second-order valence-electron chi connectivity index (χ2n) is 4.25. The van der Waals surface area contributed by atoms with Crippen LogP contribution in [0.2, 0.25) is 0 Å². The fourth-order valence-corrected chi connectivity index (χ4v) is 2.65. The van der Waals surface area contributed by atoms with Crippen LogP contribution in [-0.2, 0) is 6.42 Å². The molecule has 0 bridgehead atoms. The van der Waals surface area contributed by atoms with Gasteiger partial charge in [-0.3, -0.25) is 9.38 Å². The lowest BCUT2D eigenvalue weighted by Gasteiger charge is -2.08. The second-order valence-corrected chi connectivity index (χ2v) is 5.12. The third kappa shape index (κ3) is 2.14. The van der Waals surface area contributed by atoms with Gasteiger partial charge in [-0.25, -0.2) is 4.98 Å². The van der Waals surface area contributed by atoms with E-state index in [-0.39, 0.29) is 0 Å². The molecular formula is C13H13N3OS. The van der Waals surface area contributed by atoms with E-state index < -0.39 is 6.10 Å². The third-order valence-electron chi connectivity index (χ3n) is 2.80. The SMILES string of the molecule is Cc1cccc(C(O)Cc2cn3ccsc3n2)n1. The number of hydrogen-bond donors (Lipinski definition) is 1. The van der Waals surface area contributed by atoms with Crippen molar-refractivity contribution in [2.45, 2.75) is 19.4 Å². The monoisotopic (exact) mass is 259 g/mol. The fraction of sp³-hybridized carbons (Fsp3) is 0.231. The largest absolute Gasteiger partial charge is 0.386 e. The molecule has 0 aromatic carbocycles. The van der Waals surface area contributed by atoms with Gasteiger partial charge in [0.25, 0.3) is 0 Å². The van der Waals surface area contributed by atoms with Gasteiger partial charge in [0.05, 0.1) is 11.4 Å². The van der Waals surface area contributed by atoms with Gasteiger partial charge in [-0.2, -0.15) is 0 Å². The Kier molecular flexibility index (Phi) is 2.85. The molecule has 3 rings (SSSR count). The molecule has 18 heavy (non-hydrogen) atoms. The van der Waals surface area contributed by atoms with Crippen molar-refractivity contribution in [3.63, 3.8) is 0 Å². The number of hydrogen-bond acceptors (Lipinski definition) is 4. The number of aromatic nitrogens is 3. The summed E-state index contributed by atoms with van der Waals surface area (Å²) in [6.07, 6.45) is 3.80. The first-order valence-corrected chi connectivity index (χ1v) is 6.63. The van der Waals surface area contributed by atoms with E-state index in [4.69, 9.17) is 0 Å². The van der Waals surface area contributed by atoms with E-state index in [1.165, 1.54) is 0 Å². The van der Waals surface area contributed by atoms with E-state index in [1.54, 1.807) is 11.3 Å². The summed E-state index contributed by atoms with van der Waals surface area (Å²) in [5.74, 6) is 0. The van der Waals surface area contributed by atoms with Crippen molar-refractivity contribution in [3.8, 4) is 0 Å². The Morgan fingerprint density at radius 3 is 3.06 bits per heavy atom. The van der Waals surface area contributed by atoms with Gasteiger partial charge < -0.3 is 5.11 Å². The van der Waals surface area contributed by atoms with Gasteiger partial charge in [0.2, 0.25) is 0 Å². The Morgan fingerprint density at radius 2 is 2.28 bits per heavy atom. The first kappa shape index (κ1) is 11.4. The van der Waals surface area contributed by atoms with E-state index >= 15 is 0 Å². The zero-order chi connectivity index (χ0) is 12.5. The predicted octanol–water partition coefficient (Wildman–Crippen LogP) is 2.38. The van der Waals surface area contributed by atoms with Gasteiger partial charge in [-0.15, -0.1) is 11.3 Å². The summed E-state index contributed by atoms with van der Waals surface area (Å²) < 4.78 is 1.97. The maximum Gasteiger partial charge on any atom is 0.193 e.